The van der Waals surface area contributed by atoms with Crippen LogP contribution in [-0.4, -0.2) is 28.6 Å². The minimum atomic E-state index is 0.0688. The minimum absolute atomic E-state index is 0.0688. The monoisotopic (exact) mass is 481 g/mol. The summed E-state index contributed by atoms with van der Waals surface area (Å²) in [4.78, 5) is 20.1. The summed E-state index contributed by atoms with van der Waals surface area (Å²) in [7, 11) is 0. The summed E-state index contributed by atoms with van der Waals surface area (Å²) < 4.78 is 8.34. The molecule has 0 saturated carbocycles. The van der Waals surface area contributed by atoms with Crippen molar-refractivity contribution in [1.82, 2.24) is 9.55 Å². The minimum Gasteiger partial charge on any atom is -0.494 e. The number of imidazole rings is 1. The molecular formula is C31H35N3O2. The van der Waals surface area contributed by atoms with Gasteiger partial charge in [0.25, 0.3) is 0 Å². The lowest BCUT2D eigenvalue weighted by Gasteiger charge is -2.20. The highest BCUT2D eigenvalue weighted by molar-refractivity contribution is 5.97. The largest absolute Gasteiger partial charge is 0.494 e. The van der Waals surface area contributed by atoms with Gasteiger partial charge in [-0.25, -0.2) is 4.98 Å². The summed E-state index contributed by atoms with van der Waals surface area (Å²) in [6.45, 7) is 8.63. The highest BCUT2D eigenvalue weighted by atomic mass is 16.5. The van der Waals surface area contributed by atoms with E-state index in [1.807, 2.05) is 23.1 Å². The third-order valence-corrected chi connectivity index (χ3v) is 7.18. The molecule has 1 aliphatic rings. The van der Waals surface area contributed by atoms with Crippen LogP contribution in [0.4, 0.5) is 5.69 Å². The SMILES string of the molecule is CCc1ccccc1N1CC(c2nc3ccccc3n2CCCOc2ccc(C(C)C)cc2)CC1=O. The van der Waals surface area contributed by atoms with E-state index in [9.17, 15) is 4.79 Å². The summed E-state index contributed by atoms with van der Waals surface area (Å²) in [5.41, 5.74) is 5.66. The molecule has 1 unspecified atom stereocenters. The predicted molar refractivity (Wildman–Crippen MR) is 146 cm³/mol. The van der Waals surface area contributed by atoms with Gasteiger partial charge in [-0.1, -0.05) is 63.2 Å². The van der Waals surface area contributed by atoms with Crippen LogP contribution in [0.5, 0.6) is 5.75 Å². The van der Waals surface area contributed by atoms with Crippen LogP contribution in [0.15, 0.2) is 72.8 Å². The molecule has 1 saturated heterocycles. The molecule has 1 amide bonds. The average molecular weight is 482 g/mol. The van der Waals surface area contributed by atoms with E-state index >= 15 is 0 Å². The first-order chi connectivity index (χ1) is 17.5. The van der Waals surface area contributed by atoms with Crippen LogP contribution in [0.25, 0.3) is 11.0 Å². The van der Waals surface area contributed by atoms with Crippen molar-refractivity contribution in [2.24, 2.45) is 0 Å². The van der Waals surface area contributed by atoms with Gasteiger partial charge in [0.1, 0.15) is 11.6 Å². The Hall–Kier alpha value is -3.60. The van der Waals surface area contributed by atoms with Crippen LogP contribution in [0.2, 0.25) is 0 Å². The summed E-state index contributed by atoms with van der Waals surface area (Å²) in [6.07, 6.45) is 2.26. The van der Waals surface area contributed by atoms with Crippen molar-refractivity contribution in [3.05, 3.63) is 89.7 Å². The van der Waals surface area contributed by atoms with Gasteiger partial charge >= 0.3 is 0 Å². The molecule has 0 bridgehead atoms. The maximum Gasteiger partial charge on any atom is 0.227 e. The first kappa shape index (κ1) is 24.1. The fourth-order valence-electron chi connectivity index (χ4n) is 5.19. The standard InChI is InChI=1S/C31H35N3O2/c1-4-23-10-5-7-12-28(23)34-21-25(20-30(34)35)31-32-27-11-6-8-13-29(27)33(31)18-9-19-36-26-16-14-24(15-17-26)22(2)3/h5-8,10-17,22,25H,4,9,18-21H2,1-3H3. The van der Waals surface area contributed by atoms with E-state index in [0.29, 0.717) is 25.5 Å². The molecule has 1 atom stereocenters. The molecule has 3 aromatic carbocycles. The van der Waals surface area contributed by atoms with E-state index in [1.54, 1.807) is 0 Å². The number of amides is 1. The quantitative estimate of drug-likeness (QED) is 0.250. The van der Waals surface area contributed by atoms with Crippen molar-refractivity contribution in [3.63, 3.8) is 0 Å². The highest BCUT2D eigenvalue weighted by Gasteiger charge is 2.35. The molecule has 0 aliphatic carbocycles. The number of rotatable bonds is 9. The van der Waals surface area contributed by atoms with Crippen LogP contribution >= 0.6 is 0 Å². The Labute approximate surface area is 213 Å². The van der Waals surface area contributed by atoms with Gasteiger partial charge in [0.15, 0.2) is 0 Å². The molecule has 0 radical (unpaired) electrons. The number of hydrogen-bond donors (Lipinski definition) is 0. The molecule has 1 aliphatic heterocycles. The van der Waals surface area contributed by atoms with E-state index in [1.165, 1.54) is 11.1 Å². The Morgan fingerprint density at radius 2 is 1.75 bits per heavy atom. The maximum atomic E-state index is 13.1. The Morgan fingerprint density at radius 3 is 2.53 bits per heavy atom. The summed E-state index contributed by atoms with van der Waals surface area (Å²) in [5.74, 6) is 2.66. The molecule has 1 fully saturated rings. The van der Waals surface area contributed by atoms with E-state index in [0.717, 1.165) is 47.7 Å². The molecule has 4 aromatic rings. The Morgan fingerprint density at radius 1 is 1.00 bits per heavy atom. The second-order valence-corrected chi connectivity index (χ2v) is 9.92. The molecule has 5 rings (SSSR count). The number of carbonyl (C=O) groups is 1. The second-order valence-electron chi connectivity index (χ2n) is 9.92. The molecule has 5 heteroatoms. The number of para-hydroxylation sites is 3. The Kier molecular flexibility index (Phi) is 7.08. The number of hydrogen-bond acceptors (Lipinski definition) is 3. The molecule has 0 spiro atoms. The number of aromatic nitrogens is 2. The van der Waals surface area contributed by atoms with Gasteiger partial charge in [-0.15, -0.1) is 0 Å². The molecule has 1 aromatic heterocycles. The van der Waals surface area contributed by atoms with Crippen LogP contribution < -0.4 is 9.64 Å². The molecule has 5 nitrogen and oxygen atoms in total. The lowest BCUT2D eigenvalue weighted by Crippen LogP contribution is -2.25. The molecule has 36 heavy (non-hydrogen) atoms. The summed E-state index contributed by atoms with van der Waals surface area (Å²) in [6, 6.07) is 24.9. The number of nitrogens with zero attached hydrogens (tertiary/aromatic N) is 3. The Bertz CT molecular complexity index is 1340. The zero-order valence-corrected chi connectivity index (χ0v) is 21.5. The average Bonchev–Trinajstić information content (AvgIpc) is 3.47. The topological polar surface area (TPSA) is 47.4 Å². The van der Waals surface area contributed by atoms with Gasteiger partial charge in [0.05, 0.1) is 17.6 Å². The fourth-order valence-corrected chi connectivity index (χ4v) is 5.19. The number of benzene rings is 3. The van der Waals surface area contributed by atoms with Crippen molar-refractivity contribution in [1.29, 1.82) is 0 Å². The molecule has 2 heterocycles. The number of aryl methyl sites for hydroxylation is 2. The molecule has 186 valence electrons. The third kappa shape index (κ3) is 4.88. The fraction of sp³-hybridized carbons (Fsp3) is 0.355. The normalized spacial score (nSPS) is 15.8. The smallest absolute Gasteiger partial charge is 0.227 e. The number of anilines is 1. The first-order valence-electron chi connectivity index (χ1n) is 13.1. The van der Waals surface area contributed by atoms with Crippen molar-refractivity contribution in [2.45, 2.75) is 58.4 Å². The first-order valence-corrected chi connectivity index (χ1v) is 13.1. The second kappa shape index (κ2) is 10.6. The number of ether oxygens (including phenoxy) is 1. The zero-order valence-electron chi connectivity index (χ0n) is 21.5. The predicted octanol–water partition coefficient (Wildman–Crippen LogP) is 6.71. The van der Waals surface area contributed by atoms with Crippen LogP contribution in [0, 0.1) is 0 Å². The maximum absolute atomic E-state index is 13.1. The molecular weight excluding hydrogens is 446 g/mol. The van der Waals surface area contributed by atoms with Crippen molar-refractivity contribution in [3.8, 4) is 5.75 Å². The van der Waals surface area contributed by atoms with Gasteiger partial charge in [0.2, 0.25) is 5.91 Å². The van der Waals surface area contributed by atoms with E-state index in [4.69, 9.17) is 9.72 Å². The lowest BCUT2D eigenvalue weighted by molar-refractivity contribution is -0.117. The van der Waals surface area contributed by atoms with Crippen molar-refractivity contribution >= 4 is 22.6 Å². The summed E-state index contributed by atoms with van der Waals surface area (Å²) in [5, 5.41) is 0. The third-order valence-electron chi connectivity index (χ3n) is 7.18. The lowest BCUT2D eigenvalue weighted by atomic mass is 10.0. The van der Waals surface area contributed by atoms with Crippen molar-refractivity contribution < 1.29 is 9.53 Å². The number of carbonyl (C=O) groups excluding carboxylic acids is 1. The highest BCUT2D eigenvalue weighted by Crippen LogP contribution is 2.35. The number of fused-ring (bicyclic) bond motifs is 1. The summed E-state index contributed by atoms with van der Waals surface area (Å²) >= 11 is 0. The zero-order chi connectivity index (χ0) is 25.1. The van der Waals surface area contributed by atoms with Gasteiger partial charge < -0.3 is 14.2 Å². The Balaban J connectivity index is 1.32. The van der Waals surface area contributed by atoms with Gasteiger partial charge in [-0.05, 0) is 60.2 Å². The van der Waals surface area contributed by atoms with Crippen molar-refractivity contribution in [2.75, 3.05) is 18.1 Å². The van der Waals surface area contributed by atoms with Gasteiger partial charge in [-0.3, -0.25) is 4.79 Å². The van der Waals surface area contributed by atoms with Gasteiger partial charge in [0, 0.05) is 31.1 Å². The van der Waals surface area contributed by atoms with E-state index in [2.05, 4.69) is 79.9 Å². The van der Waals surface area contributed by atoms with Crippen LogP contribution in [-0.2, 0) is 17.8 Å². The molecule has 0 N–H and O–H groups in total. The van der Waals surface area contributed by atoms with Crippen LogP contribution in [0.1, 0.15) is 62.4 Å². The van der Waals surface area contributed by atoms with E-state index in [-0.39, 0.29) is 11.8 Å². The van der Waals surface area contributed by atoms with Gasteiger partial charge in [-0.2, -0.15) is 0 Å². The van der Waals surface area contributed by atoms with E-state index < -0.39 is 0 Å². The van der Waals surface area contributed by atoms with Crippen LogP contribution in [0.3, 0.4) is 0 Å².